The zero-order valence-corrected chi connectivity index (χ0v) is 25.2. The number of ether oxygens (including phenoxy) is 4. The highest BCUT2D eigenvalue weighted by atomic mass is 32.2. The highest BCUT2D eigenvalue weighted by Crippen LogP contribution is 2.38. The lowest BCUT2D eigenvalue weighted by Crippen LogP contribution is -2.37. The number of aromatic nitrogens is 3. The molecule has 12 nitrogen and oxygen atoms in total. The van der Waals surface area contributed by atoms with Gasteiger partial charge in [0, 0.05) is 38.2 Å². The summed E-state index contributed by atoms with van der Waals surface area (Å²) in [5.41, 5.74) is 0.630. The third kappa shape index (κ3) is 5.23. The van der Waals surface area contributed by atoms with Gasteiger partial charge in [-0.2, -0.15) is 0 Å². The maximum atomic E-state index is 13.7. The van der Waals surface area contributed by atoms with Gasteiger partial charge in [-0.25, -0.2) is 13.2 Å². The van der Waals surface area contributed by atoms with E-state index in [9.17, 15) is 18.0 Å². The number of aryl methyl sites for hydroxylation is 1. The number of methoxy groups -OCH3 is 4. The number of pyridine rings is 1. The molecule has 0 aliphatic rings. The van der Waals surface area contributed by atoms with Crippen LogP contribution in [0.4, 0.5) is 5.69 Å². The van der Waals surface area contributed by atoms with Crippen molar-refractivity contribution in [3.8, 4) is 23.0 Å². The van der Waals surface area contributed by atoms with E-state index in [2.05, 4.69) is 9.71 Å². The SMILES string of the molecule is COc1cc(Cc2nccc3cc(OC)c(OC)cc23)c(NS(=O)(=O)c2ccc3c(c2)c(=O)n(C)c(=O)n3C)cc1OC. The smallest absolute Gasteiger partial charge is 0.330 e. The van der Waals surface area contributed by atoms with Gasteiger partial charge in [0.15, 0.2) is 23.0 Å². The molecule has 0 unspecified atom stereocenters. The standard InChI is InChI=1S/C30H30N4O8S/c1-33-24-8-7-19(14-21(24)29(35)34(2)30(33)36)43(37,38)32-22-16-28(42-6)26(40-4)13-18(22)11-23-20-15-27(41-5)25(39-3)12-17(20)9-10-31-23/h7-10,12-16,32H,11H2,1-6H3. The first-order valence-electron chi connectivity index (χ1n) is 13.0. The van der Waals surface area contributed by atoms with Crippen LogP contribution < -0.4 is 34.9 Å². The van der Waals surface area contributed by atoms with Gasteiger partial charge in [0.25, 0.3) is 15.6 Å². The predicted molar refractivity (Wildman–Crippen MR) is 162 cm³/mol. The van der Waals surface area contributed by atoms with Gasteiger partial charge in [-0.1, -0.05) is 0 Å². The van der Waals surface area contributed by atoms with Gasteiger partial charge >= 0.3 is 5.69 Å². The predicted octanol–water partition coefficient (Wildman–Crippen LogP) is 3.21. The molecule has 3 aromatic carbocycles. The Labute approximate surface area is 247 Å². The molecular weight excluding hydrogens is 576 g/mol. The number of anilines is 1. The normalized spacial score (nSPS) is 11.5. The second kappa shape index (κ2) is 11.3. The summed E-state index contributed by atoms with van der Waals surface area (Å²) in [6, 6.07) is 12.8. The number of nitrogens with zero attached hydrogens (tertiary/aromatic N) is 3. The van der Waals surface area contributed by atoms with Crippen molar-refractivity contribution in [1.82, 2.24) is 14.1 Å². The van der Waals surface area contributed by atoms with Crippen LogP contribution in [0.15, 0.2) is 69.2 Å². The van der Waals surface area contributed by atoms with Crippen LogP contribution in [0.3, 0.4) is 0 Å². The molecule has 0 saturated heterocycles. The van der Waals surface area contributed by atoms with Crippen molar-refractivity contribution in [1.29, 1.82) is 0 Å². The van der Waals surface area contributed by atoms with E-state index in [1.165, 1.54) is 57.1 Å². The molecule has 0 spiro atoms. The number of benzene rings is 3. The van der Waals surface area contributed by atoms with Crippen molar-refractivity contribution in [3.63, 3.8) is 0 Å². The summed E-state index contributed by atoms with van der Waals surface area (Å²) in [4.78, 5) is 29.6. The third-order valence-corrected chi connectivity index (χ3v) is 8.67. The van der Waals surface area contributed by atoms with Crippen LogP contribution in [0, 0.1) is 0 Å². The van der Waals surface area contributed by atoms with Crippen LogP contribution in [0.1, 0.15) is 11.3 Å². The van der Waals surface area contributed by atoms with Crippen molar-refractivity contribution in [3.05, 3.63) is 86.8 Å². The van der Waals surface area contributed by atoms with Crippen LogP contribution in [-0.2, 0) is 30.5 Å². The molecule has 0 aliphatic carbocycles. The van der Waals surface area contributed by atoms with Crippen molar-refractivity contribution in [2.45, 2.75) is 11.3 Å². The zero-order chi connectivity index (χ0) is 31.1. The molecule has 1 N–H and O–H groups in total. The van der Waals surface area contributed by atoms with E-state index in [1.54, 1.807) is 26.5 Å². The Morgan fingerprint density at radius 2 is 1.40 bits per heavy atom. The molecular formula is C30H30N4O8S. The van der Waals surface area contributed by atoms with Gasteiger partial charge in [0.1, 0.15) is 0 Å². The Morgan fingerprint density at radius 3 is 2.07 bits per heavy atom. The number of sulfonamides is 1. The fourth-order valence-corrected chi connectivity index (χ4v) is 6.11. The molecule has 0 atom stereocenters. The van der Waals surface area contributed by atoms with E-state index in [0.29, 0.717) is 39.8 Å². The number of nitrogens with one attached hydrogen (secondary N) is 1. The molecule has 0 saturated carbocycles. The lowest BCUT2D eigenvalue weighted by molar-refractivity contribution is 0.355. The summed E-state index contributed by atoms with van der Waals surface area (Å²) < 4.78 is 54.2. The quantitative estimate of drug-likeness (QED) is 0.268. The zero-order valence-electron chi connectivity index (χ0n) is 24.4. The molecule has 13 heteroatoms. The second-order valence-corrected chi connectivity index (χ2v) is 11.4. The molecule has 224 valence electrons. The minimum Gasteiger partial charge on any atom is -0.493 e. The molecule has 0 radical (unpaired) electrons. The van der Waals surface area contributed by atoms with E-state index in [1.807, 2.05) is 18.2 Å². The molecule has 5 aromatic rings. The van der Waals surface area contributed by atoms with Gasteiger partial charge in [-0.05, 0) is 53.4 Å². The summed E-state index contributed by atoms with van der Waals surface area (Å²) in [6.07, 6.45) is 1.88. The summed E-state index contributed by atoms with van der Waals surface area (Å²) in [7, 11) is 4.68. The van der Waals surface area contributed by atoms with Crippen molar-refractivity contribution < 1.29 is 27.4 Å². The van der Waals surface area contributed by atoms with Crippen molar-refractivity contribution >= 4 is 37.4 Å². The maximum Gasteiger partial charge on any atom is 0.330 e. The summed E-state index contributed by atoms with van der Waals surface area (Å²) >= 11 is 0. The van der Waals surface area contributed by atoms with Crippen LogP contribution in [0.25, 0.3) is 21.7 Å². The molecule has 5 rings (SSSR count). The summed E-state index contributed by atoms with van der Waals surface area (Å²) in [6.45, 7) is 0. The highest BCUT2D eigenvalue weighted by Gasteiger charge is 2.22. The second-order valence-electron chi connectivity index (χ2n) is 9.72. The van der Waals surface area contributed by atoms with Crippen LogP contribution in [0.5, 0.6) is 23.0 Å². The van der Waals surface area contributed by atoms with Crippen molar-refractivity contribution in [2.24, 2.45) is 14.1 Å². The summed E-state index contributed by atoms with van der Waals surface area (Å²) in [5, 5.41) is 1.74. The van der Waals surface area contributed by atoms with Crippen LogP contribution >= 0.6 is 0 Å². The Kier molecular flexibility index (Phi) is 7.76. The molecule has 2 heterocycles. The number of hydrogen-bond acceptors (Lipinski definition) is 9. The van der Waals surface area contributed by atoms with Crippen LogP contribution in [0.2, 0.25) is 0 Å². The Balaban J connectivity index is 1.63. The topological polar surface area (TPSA) is 140 Å². The van der Waals surface area contributed by atoms with E-state index >= 15 is 0 Å². The van der Waals surface area contributed by atoms with Gasteiger partial charge in [0.05, 0.1) is 55.6 Å². The lowest BCUT2D eigenvalue weighted by Gasteiger charge is -2.18. The molecule has 0 aliphatic heterocycles. The molecule has 0 bridgehead atoms. The van der Waals surface area contributed by atoms with E-state index in [4.69, 9.17) is 18.9 Å². The van der Waals surface area contributed by atoms with Crippen molar-refractivity contribution in [2.75, 3.05) is 33.2 Å². The largest absolute Gasteiger partial charge is 0.493 e. The minimum absolute atomic E-state index is 0.0874. The van der Waals surface area contributed by atoms with E-state index in [-0.39, 0.29) is 22.4 Å². The molecule has 0 amide bonds. The Hall–Kier alpha value is -5.04. The first-order chi connectivity index (χ1) is 20.5. The van der Waals surface area contributed by atoms with Crippen LogP contribution in [-0.4, -0.2) is 51.0 Å². The minimum atomic E-state index is -4.22. The average molecular weight is 607 g/mol. The summed E-state index contributed by atoms with van der Waals surface area (Å²) in [5.74, 6) is 1.80. The Bertz CT molecular complexity index is 2120. The van der Waals surface area contributed by atoms with Gasteiger partial charge in [-0.3, -0.25) is 23.6 Å². The average Bonchev–Trinajstić information content (AvgIpc) is 3.02. The lowest BCUT2D eigenvalue weighted by atomic mass is 10.0. The maximum absolute atomic E-state index is 13.7. The third-order valence-electron chi connectivity index (χ3n) is 7.31. The Morgan fingerprint density at radius 1 is 0.767 bits per heavy atom. The number of hydrogen-bond donors (Lipinski definition) is 1. The van der Waals surface area contributed by atoms with Gasteiger partial charge in [-0.15, -0.1) is 0 Å². The fraction of sp³-hybridized carbons (Fsp3) is 0.233. The van der Waals surface area contributed by atoms with E-state index in [0.717, 1.165) is 15.3 Å². The van der Waals surface area contributed by atoms with Gasteiger partial charge in [0.2, 0.25) is 0 Å². The fourth-order valence-electron chi connectivity index (χ4n) is 4.99. The number of fused-ring (bicyclic) bond motifs is 2. The molecule has 43 heavy (non-hydrogen) atoms. The molecule has 0 fully saturated rings. The molecule has 2 aromatic heterocycles. The first kappa shape index (κ1) is 29.5. The van der Waals surface area contributed by atoms with Gasteiger partial charge < -0.3 is 18.9 Å². The first-order valence-corrected chi connectivity index (χ1v) is 14.5. The number of rotatable bonds is 9. The van der Waals surface area contributed by atoms with E-state index < -0.39 is 21.3 Å². The highest BCUT2D eigenvalue weighted by molar-refractivity contribution is 7.92. The monoisotopic (exact) mass is 606 g/mol.